The van der Waals surface area contributed by atoms with Gasteiger partial charge in [0.1, 0.15) is 11.6 Å². The van der Waals surface area contributed by atoms with Crippen LogP contribution in [0.2, 0.25) is 0 Å². The lowest BCUT2D eigenvalue weighted by Crippen LogP contribution is -2.05. The van der Waals surface area contributed by atoms with Gasteiger partial charge in [-0.1, -0.05) is 6.58 Å². The van der Waals surface area contributed by atoms with E-state index < -0.39 is 0 Å². The van der Waals surface area contributed by atoms with Crippen LogP contribution in [-0.2, 0) is 0 Å². The Bertz CT molecular complexity index is 771. The van der Waals surface area contributed by atoms with Gasteiger partial charge in [-0.15, -0.1) is 5.10 Å². The number of nitrogens with zero attached hydrogens (tertiary/aromatic N) is 3. The third-order valence-electron chi connectivity index (χ3n) is 3.22. The van der Waals surface area contributed by atoms with Crippen molar-refractivity contribution in [3.05, 3.63) is 60.7 Å². The summed E-state index contributed by atoms with van der Waals surface area (Å²) >= 11 is 0. The maximum absolute atomic E-state index is 5.16. The van der Waals surface area contributed by atoms with Crippen LogP contribution in [0, 0.1) is 6.92 Å². The minimum atomic E-state index is 0.613. The summed E-state index contributed by atoms with van der Waals surface area (Å²) in [5.74, 6) is 2.09. The summed E-state index contributed by atoms with van der Waals surface area (Å²) < 4.78 is 6.84. The Morgan fingerprint density at radius 3 is 2.68 bits per heavy atom. The predicted molar refractivity (Wildman–Crippen MR) is 86.3 cm³/mol. The highest BCUT2D eigenvalue weighted by Crippen LogP contribution is 2.22. The molecular weight excluding hydrogens is 278 g/mol. The molecule has 0 bridgehead atoms. The van der Waals surface area contributed by atoms with Gasteiger partial charge < -0.3 is 15.0 Å². The fourth-order valence-electron chi connectivity index (χ4n) is 2.11. The number of ether oxygens (including phenoxy) is 1. The topological polar surface area (TPSA) is 67.8 Å². The zero-order chi connectivity index (χ0) is 15.5. The molecule has 0 aliphatic rings. The highest BCUT2D eigenvalue weighted by atomic mass is 16.5. The van der Waals surface area contributed by atoms with Crippen LogP contribution in [0.3, 0.4) is 0 Å². The molecule has 3 aromatic rings. The summed E-state index contributed by atoms with van der Waals surface area (Å²) in [6, 6.07) is 11.5. The van der Waals surface area contributed by atoms with Gasteiger partial charge in [0.05, 0.1) is 18.5 Å². The van der Waals surface area contributed by atoms with E-state index in [2.05, 4.69) is 27.0 Å². The minimum Gasteiger partial charge on any atom is -0.497 e. The fraction of sp³-hybridized carbons (Fsp3) is 0.125. The van der Waals surface area contributed by atoms with Gasteiger partial charge in [-0.3, -0.25) is 0 Å². The molecule has 22 heavy (non-hydrogen) atoms. The largest absolute Gasteiger partial charge is 0.497 e. The number of aromatic amines is 1. The monoisotopic (exact) mass is 295 g/mol. The maximum atomic E-state index is 5.16. The van der Waals surface area contributed by atoms with Crippen molar-refractivity contribution >= 4 is 17.3 Å². The number of rotatable bonds is 5. The number of nitrogens with one attached hydrogen (secondary N) is 2. The molecule has 112 valence electrons. The molecule has 0 atom stereocenters. The molecule has 2 aromatic heterocycles. The molecule has 0 unspecified atom stereocenters. The number of benzene rings is 1. The minimum absolute atomic E-state index is 0.613. The number of H-pyrrole nitrogens is 1. The normalized spacial score (nSPS) is 10.5. The van der Waals surface area contributed by atoms with Crippen molar-refractivity contribution in [2.45, 2.75) is 6.92 Å². The first-order valence-electron chi connectivity index (χ1n) is 6.85. The Hall–Kier alpha value is -3.02. The Kier molecular flexibility index (Phi) is 3.65. The van der Waals surface area contributed by atoms with Crippen LogP contribution in [0.4, 0.5) is 11.6 Å². The van der Waals surface area contributed by atoms with E-state index in [1.807, 2.05) is 49.5 Å². The van der Waals surface area contributed by atoms with E-state index in [1.165, 1.54) is 0 Å². The second-order valence-electron chi connectivity index (χ2n) is 4.78. The molecule has 0 fully saturated rings. The molecule has 6 nitrogen and oxygen atoms in total. The molecule has 0 radical (unpaired) electrons. The summed E-state index contributed by atoms with van der Waals surface area (Å²) in [5.41, 5.74) is 2.51. The average molecular weight is 295 g/mol. The summed E-state index contributed by atoms with van der Waals surface area (Å²) in [5, 5.41) is 7.64. The molecule has 6 heteroatoms. The second-order valence-corrected chi connectivity index (χ2v) is 4.78. The predicted octanol–water partition coefficient (Wildman–Crippen LogP) is 3.19. The van der Waals surface area contributed by atoms with Crippen LogP contribution >= 0.6 is 0 Å². The lowest BCUT2D eigenvalue weighted by Gasteiger charge is -2.10. The number of anilines is 2. The van der Waals surface area contributed by atoms with Crippen molar-refractivity contribution in [1.82, 2.24) is 19.7 Å². The van der Waals surface area contributed by atoms with Crippen LogP contribution in [0.1, 0.15) is 11.5 Å². The third-order valence-corrected chi connectivity index (χ3v) is 3.22. The van der Waals surface area contributed by atoms with Gasteiger partial charge in [-0.25, -0.2) is 0 Å². The van der Waals surface area contributed by atoms with Gasteiger partial charge in [0.15, 0.2) is 0 Å². The summed E-state index contributed by atoms with van der Waals surface area (Å²) in [6.45, 7) is 5.92. The standard InChI is InChI=1S/C16H17N5O/c1-11(15-5-4-10-17-15)21-16(18-12(2)20-21)19-13-6-8-14(22-3)9-7-13/h4-10,17H,1H2,2-3H3,(H,18,19,20). The number of aryl methyl sites for hydroxylation is 1. The smallest absolute Gasteiger partial charge is 0.230 e. The van der Waals surface area contributed by atoms with Crippen LogP contribution < -0.4 is 10.1 Å². The molecule has 3 rings (SSSR count). The third kappa shape index (κ3) is 2.71. The van der Waals surface area contributed by atoms with Gasteiger partial charge in [0.2, 0.25) is 5.95 Å². The highest BCUT2D eigenvalue weighted by Gasteiger charge is 2.12. The molecule has 0 amide bonds. The summed E-state index contributed by atoms with van der Waals surface area (Å²) in [6.07, 6.45) is 1.85. The molecule has 0 saturated heterocycles. The van der Waals surface area contributed by atoms with Crippen LogP contribution in [0.15, 0.2) is 49.2 Å². The van der Waals surface area contributed by atoms with E-state index in [0.717, 1.165) is 22.8 Å². The summed E-state index contributed by atoms with van der Waals surface area (Å²) in [7, 11) is 1.64. The van der Waals surface area contributed by atoms with Gasteiger partial charge >= 0.3 is 0 Å². The van der Waals surface area contributed by atoms with Crippen molar-refractivity contribution in [2.24, 2.45) is 0 Å². The molecule has 1 aromatic carbocycles. The molecule has 0 spiro atoms. The van der Waals surface area contributed by atoms with Crippen molar-refractivity contribution in [3.63, 3.8) is 0 Å². The zero-order valence-corrected chi connectivity index (χ0v) is 12.5. The van der Waals surface area contributed by atoms with E-state index in [1.54, 1.807) is 11.8 Å². The van der Waals surface area contributed by atoms with Gasteiger partial charge in [0.25, 0.3) is 0 Å². The molecule has 0 aliphatic heterocycles. The average Bonchev–Trinajstić information content (AvgIpc) is 3.17. The van der Waals surface area contributed by atoms with Gasteiger partial charge in [-0.05, 0) is 43.3 Å². The van der Waals surface area contributed by atoms with Crippen LogP contribution in [0.25, 0.3) is 5.70 Å². The Balaban J connectivity index is 1.89. The van der Waals surface area contributed by atoms with E-state index in [-0.39, 0.29) is 0 Å². The first kappa shape index (κ1) is 13.9. The maximum Gasteiger partial charge on any atom is 0.230 e. The van der Waals surface area contributed by atoms with Crippen LogP contribution in [-0.4, -0.2) is 26.9 Å². The van der Waals surface area contributed by atoms with E-state index in [0.29, 0.717) is 11.8 Å². The zero-order valence-electron chi connectivity index (χ0n) is 12.5. The van der Waals surface area contributed by atoms with E-state index in [9.17, 15) is 0 Å². The SMILES string of the molecule is C=C(c1ccc[nH]1)n1nc(C)nc1Nc1ccc(OC)cc1. The van der Waals surface area contributed by atoms with E-state index >= 15 is 0 Å². The fourth-order valence-corrected chi connectivity index (χ4v) is 2.11. The Labute approximate surface area is 128 Å². The molecule has 2 N–H and O–H groups in total. The second kappa shape index (κ2) is 5.77. The summed E-state index contributed by atoms with van der Waals surface area (Å²) in [4.78, 5) is 7.53. The quantitative estimate of drug-likeness (QED) is 0.758. The Morgan fingerprint density at radius 2 is 2.05 bits per heavy atom. The van der Waals surface area contributed by atoms with Crippen molar-refractivity contribution in [2.75, 3.05) is 12.4 Å². The van der Waals surface area contributed by atoms with Crippen LogP contribution in [0.5, 0.6) is 5.75 Å². The molecular formula is C16H17N5O. The highest BCUT2D eigenvalue weighted by molar-refractivity contribution is 5.65. The van der Waals surface area contributed by atoms with Crippen molar-refractivity contribution in [1.29, 1.82) is 0 Å². The molecule has 0 saturated carbocycles. The Morgan fingerprint density at radius 1 is 1.27 bits per heavy atom. The van der Waals surface area contributed by atoms with Gasteiger partial charge in [-0.2, -0.15) is 9.67 Å². The molecule has 2 heterocycles. The lowest BCUT2D eigenvalue weighted by atomic mass is 10.3. The van der Waals surface area contributed by atoms with Crippen molar-refractivity contribution in [3.8, 4) is 5.75 Å². The first-order chi connectivity index (χ1) is 10.7. The lowest BCUT2D eigenvalue weighted by molar-refractivity contribution is 0.415. The first-order valence-corrected chi connectivity index (χ1v) is 6.85. The molecule has 0 aliphatic carbocycles. The number of hydrogen-bond donors (Lipinski definition) is 2. The van der Waals surface area contributed by atoms with E-state index in [4.69, 9.17) is 4.74 Å². The van der Waals surface area contributed by atoms with Crippen molar-refractivity contribution < 1.29 is 4.74 Å². The number of hydrogen-bond acceptors (Lipinski definition) is 4. The number of methoxy groups -OCH3 is 1. The number of aromatic nitrogens is 4. The van der Waals surface area contributed by atoms with Gasteiger partial charge in [0, 0.05) is 11.9 Å².